The fourth-order valence-electron chi connectivity index (χ4n) is 5.76. The first kappa shape index (κ1) is 19.2. The summed E-state index contributed by atoms with van der Waals surface area (Å²) in [5.74, 6) is 2.78. The molecule has 1 aliphatic heterocycles. The van der Waals surface area contributed by atoms with Gasteiger partial charge in [-0.25, -0.2) is 0 Å². The van der Waals surface area contributed by atoms with Crippen molar-refractivity contribution in [3.05, 3.63) is 38.8 Å². The molecule has 0 unspecified atom stereocenters. The van der Waals surface area contributed by atoms with Crippen LogP contribution < -0.4 is 14.9 Å². The maximum absolute atomic E-state index is 12.8. The number of thiazole rings is 1. The van der Waals surface area contributed by atoms with Crippen molar-refractivity contribution in [1.29, 1.82) is 0 Å². The van der Waals surface area contributed by atoms with E-state index in [2.05, 4.69) is 19.2 Å². The van der Waals surface area contributed by atoms with Crippen molar-refractivity contribution in [2.24, 2.45) is 17.8 Å². The number of methoxy groups -OCH3 is 1. The highest BCUT2D eigenvalue weighted by Gasteiger charge is 2.57. The second-order valence-corrected chi connectivity index (χ2v) is 11.2. The minimum Gasteiger partial charge on any atom is -0.497 e. The molecule has 0 saturated heterocycles. The summed E-state index contributed by atoms with van der Waals surface area (Å²) in [6.45, 7) is 4.68. The first-order valence-corrected chi connectivity index (χ1v) is 11.9. The van der Waals surface area contributed by atoms with Gasteiger partial charge in [0.1, 0.15) is 12.3 Å². The summed E-state index contributed by atoms with van der Waals surface area (Å²) in [7, 11) is 1.61. The summed E-state index contributed by atoms with van der Waals surface area (Å²) in [4.78, 5) is 26.7. The van der Waals surface area contributed by atoms with Gasteiger partial charge in [-0.1, -0.05) is 25.2 Å². The number of nitrogens with zero attached hydrogens (tertiary/aromatic N) is 1. The number of amides is 1. The van der Waals surface area contributed by atoms with Crippen molar-refractivity contribution in [1.82, 2.24) is 4.57 Å². The van der Waals surface area contributed by atoms with Gasteiger partial charge < -0.3 is 10.1 Å². The third kappa shape index (κ3) is 3.05. The molecule has 0 radical (unpaired) electrons. The Hall–Kier alpha value is -1.73. The molecule has 2 heterocycles. The van der Waals surface area contributed by atoms with Crippen LogP contribution in [0.1, 0.15) is 38.0 Å². The Morgan fingerprint density at radius 2 is 1.97 bits per heavy atom. The molecule has 1 aromatic heterocycles. The summed E-state index contributed by atoms with van der Waals surface area (Å²) in [6.07, 6.45) is 3.99. The van der Waals surface area contributed by atoms with Crippen molar-refractivity contribution in [2.45, 2.75) is 55.3 Å². The van der Waals surface area contributed by atoms with Crippen LogP contribution in [0, 0.1) is 17.8 Å². The van der Waals surface area contributed by atoms with Crippen LogP contribution in [0.3, 0.4) is 0 Å². The zero-order chi connectivity index (χ0) is 20.3. The lowest BCUT2D eigenvalue weighted by atomic mass is 9.69. The summed E-state index contributed by atoms with van der Waals surface area (Å²) in [5, 5.41) is 4.52. The largest absolute Gasteiger partial charge is 0.497 e. The molecule has 29 heavy (non-hydrogen) atoms. The van der Waals surface area contributed by atoms with Crippen LogP contribution in [-0.4, -0.2) is 22.8 Å². The lowest BCUT2D eigenvalue weighted by molar-refractivity contribution is -0.116. The number of thioether (sulfide) groups is 1. The van der Waals surface area contributed by atoms with E-state index in [-0.39, 0.29) is 22.7 Å². The molecule has 2 saturated carbocycles. The Labute approximate surface area is 178 Å². The van der Waals surface area contributed by atoms with Gasteiger partial charge in [-0.2, -0.15) is 0 Å². The molecule has 1 amide bonds. The molecule has 3 aliphatic rings. The molecular weight excluding hydrogens is 404 g/mol. The molecule has 1 N–H and O–H groups in total. The predicted octanol–water partition coefficient (Wildman–Crippen LogP) is 4.36. The third-order valence-electron chi connectivity index (χ3n) is 7.03. The topological polar surface area (TPSA) is 60.3 Å². The number of hydrogen-bond donors (Lipinski definition) is 1. The van der Waals surface area contributed by atoms with Gasteiger partial charge in [-0.05, 0) is 61.3 Å². The quantitative estimate of drug-likeness (QED) is 0.783. The first-order chi connectivity index (χ1) is 13.9. The fraction of sp³-hybridized carbons (Fsp3) is 0.545. The number of rotatable bonds is 4. The molecule has 2 aromatic rings. The van der Waals surface area contributed by atoms with E-state index in [0.29, 0.717) is 16.9 Å². The normalized spacial score (nSPS) is 28.7. The Bertz CT molecular complexity index is 1010. The molecule has 5 nitrogen and oxygen atoms in total. The number of carbonyl (C=O) groups excluding carboxylic acids is 1. The zero-order valence-corrected chi connectivity index (χ0v) is 18.6. The lowest BCUT2D eigenvalue weighted by Crippen LogP contribution is -2.43. The molecule has 7 heteroatoms. The van der Waals surface area contributed by atoms with E-state index in [0.717, 1.165) is 22.6 Å². The van der Waals surface area contributed by atoms with Gasteiger partial charge in [0.25, 0.3) is 0 Å². The molecule has 2 aliphatic carbocycles. The average Bonchev–Trinajstić information content (AvgIpc) is 3.38. The predicted molar refractivity (Wildman–Crippen MR) is 117 cm³/mol. The molecule has 1 aromatic carbocycles. The second kappa shape index (κ2) is 6.91. The summed E-state index contributed by atoms with van der Waals surface area (Å²) < 4.78 is 6.85. The number of carbonyl (C=O) groups is 1. The summed E-state index contributed by atoms with van der Waals surface area (Å²) >= 11 is 3.21. The van der Waals surface area contributed by atoms with E-state index in [1.165, 1.54) is 35.5 Å². The van der Waals surface area contributed by atoms with E-state index in [1.807, 2.05) is 23.9 Å². The van der Waals surface area contributed by atoms with Gasteiger partial charge in [-0.3, -0.25) is 14.2 Å². The van der Waals surface area contributed by atoms with Crippen molar-refractivity contribution in [3.63, 3.8) is 0 Å². The molecule has 4 atom stereocenters. The van der Waals surface area contributed by atoms with Crippen LogP contribution in [0.5, 0.6) is 5.75 Å². The number of benzene rings is 1. The van der Waals surface area contributed by atoms with Gasteiger partial charge in [0, 0.05) is 21.2 Å². The monoisotopic (exact) mass is 430 g/mol. The molecular formula is C22H26N2O3S2. The average molecular weight is 431 g/mol. The molecule has 5 rings (SSSR count). The van der Waals surface area contributed by atoms with Crippen LogP contribution in [0.4, 0.5) is 5.69 Å². The SMILES string of the molecule is COc1ccc(NC(=O)Cn2c3c(sc2=O)C(C)(C)[C@@H]2[C@@H]4CC[C@H](C4)[C@@H]2S3)cc1. The van der Waals surface area contributed by atoms with Crippen LogP contribution in [-0.2, 0) is 16.8 Å². The van der Waals surface area contributed by atoms with E-state index in [1.54, 1.807) is 23.8 Å². The Morgan fingerprint density at radius 1 is 1.24 bits per heavy atom. The number of ether oxygens (including phenoxy) is 1. The van der Waals surface area contributed by atoms with Crippen molar-refractivity contribution < 1.29 is 9.53 Å². The van der Waals surface area contributed by atoms with E-state index >= 15 is 0 Å². The minimum atomic E-state index is -0.175. The smallest absolute Gasteiger partial charge is 0.308 e. The highest BCUT2D eigenvalue weighted by molar-refractivity contribution is 8.00. The van der Waals surface area contributed by atoms with Gasteiger partial charge in [0.15, 0.2) is 0 Å². The van der Waals surface area contributed by atoms with Crippen LogP contribution in [0.15, 0.2) is 34.1 Å². The van der Waals surface area contributed by atoms with Gasteiger partial charge in [0.2, 0.25) is 5.91 Å². The lowest BCUT2D eigenvalue weighted by Gasteiger charge is -2.45. The highest BCUT2D eigenvalue weighted by Crippen LogP contribution is 2.64. The van der Waals surface area contributed by atoms with Crippen molar-refractivity contribution in [2.75, 3.05) is 12.4 Å². The van der Waals surface area contributed by atoms with Gasteiger partial charge in [-0.15, -0.1) is 11.8 Å². The van der Waals surface area contributed by atoms with Gasteiger partial charge in [0.05, 0.1) is 12.1 Å². The first-order valence-electron chi connectivity index (χ1n) is 10.2. The third-order valence-corrected chi connectivity index (χ3v) is 10.1. The number of aromatic nitrogens is 1. The molecule has 154 valence electrons. The van der Waals surface area contributed by atoms with Gasteiger partial charge >= 0.3 is 4.87 Å². The molecule has 2 fully saturated rings. The standard InChI is InChI=1S/C22H26N2O3S2/c1-22(2)17-12-4-5-13(10-12)18(17)28-20-19(22)29-21(26)24(20)11-16(25)23-14-6-8-15(27-3)9-7-14/h6-9,12-13,17-18H,4-5,10-11H2,1-3H3,(H,23,25)/t12-,13-,17-,18+/m1/s1. The minimum absolute atomic E-state index is 0.00657. The fourth-order valence-corrected chi connectivity index (χ4v) is 9.17. The molecule has 0 spiro atoms. The molecule has 2 bridgehead atoms. The van der Waals surface area contributed by atoms with Crippen LogP contribution in [0.2, 0.25) is 0 Å². The zero-order valence-electron chi connectivity index (χ0n) is 16.9. The van der Waals surface area contributed by atoms with Crippen molar-refractivity contribution >= 4 is 34.7 Å². The summed E-state index contributed by atoms with van der Waals surface area (Å²) in [6, 6.07) is 7.23. The Morgan fingerprint density at radius 3 is 2.69 bits per heavy atom. The Balaban J connectivity index is 1.40. The number of fused-ring (bicyclic) bond motifs is 6. The highest BCUT2D eigenvalue weighted by atomic mass is 32.2. The number of nitrogens with one attached hydrogen (secondary N) is 1. The maximum Gasteiger partial charge on any atom is 0.308 e. The maximum atomic E-state index is 12.8. The van der Waals surface area contributed by atoms with E-state index in [4.69, 9.17) is 4.74 Å². The van der Waals surface area contributed by atoms with Crippen LogP contribution in [0.25, 0.3) is 0 Å². The van der Waals surface area contributed by atoms with E-state index in [9.17, 15) is 9.59 Å². The number of anilines is 1. The number of hydrogen-bond acceptors (Lipinski definition) is 5. The van der Waals surface area contributed by atoms with Crippen LogP contribution >= 0.6 is 23.1 Å². The Kier molecular flexibility index (Phi) is 4.59. The van der Waals surface area contributed by atoms with E-state index < -0.39 is 0 Å². The van der Waals surface area contributed by atoms with Crippen molar-refractivity contribution in [3.8, 4) is 5.75 Å². The second-order valence-electron chi connectivity index (χ2n) is 9.03. The summed E-state index contributed by atoms with van der Waals surface area (Å²) in [5.41, 5.74) is 0.709.